The molecular weight excluding hydrogens is 468 g/mol. The molecule has 1 heterocycles. The number of aromatic nitrogens is 1. The van der Waals surface area contributed by atoms with Gasteiger partial charge in [0.15, 0.2) is 17.3 Å². The summed E-state index contributed by atoms with van der Waals surface area (Å²) in [6.07, 6.45) is 5.51. The molecule has 0 aromatic carbocycles. The first-order chi connectivity index (χ1) is 10.2. The fourth-order valence-electron chi connectivity index (χ4n) is 1.51. The average molecular weight is 488 g/mol. The van der Waals surface area contributed by atoms with Crippen molar-refractivity contribution >= 4 is 51.8 Å². The normalized spacial score (nSPS) is 10.5. The summed E-state index contributed by atoms with van der Waals surface area (Å²) in [5.74, 6) is 0. The molecule has 123 valence electrons. The number of hydrogen-bond acceptors (Lipinski definition) is 2. The van der Waals surface area contributed by atoms with E-state index in [0.717, 1.165) is 31.6 Å². The molecule has 1 aromatic heterocycles. The van der Waals surface area contributed by atoms with Crippen molar-refractivity contribution in [2.24, 2.45) is 5.10 Å². The van der Waals surface area contributed by atoms with Crippen molar-refractivity contribution in [2.45, 2.75) is 26.7 Å². The molecule has 0 aliphatic rings. The first-order valence-corrected chi connectivity index (χ1v) is 11.6. The summed E-state index contributed by atoms with van der Waals surface area (Å²) in [6.45, 7) is 6.19. The molecule has 0 atom stereocenters. The van der Waals surface area contributed by atoms with Gasteiger partial charge in [0.25, 0.3) is 0 Å². The molecule has 1 rings (SSSR count). The van der Waals surface area contributed by atoms with Crippen LogP contribution in [0.1, 0.15) is 32.4 Å². The van der Waals surface area contributed by atoms with Gasteiger partial charge < -0.3 is 10.5 Å². The van der Waals surface area contributed by atoms with Crippen molar-refractivity contribution < 1.29 is 11.3 Å². The van der Waals surface area contributed by atoms with E-state index in [9.17, 15) is 0 Å². The van der Waals surface area contributed by atoms with Crippen LogP contribution >= 0.6 is 28.2 Å². The third kappa shape index (κ3) is 11.4. The molecular formula is C13H20Br2CuN4S. The molecule has 4 nitrogen and oxygen atoms in total. The van der Waals surface area contributed by atoms with Gasteiger partial charge in [-0.25, -0.2) is 4.90 Å². The van der Waals surface area contributed by atoms with Crippen LogP contribution in [0.3, 0.4) is 0 Å². The second-order valence-corrected chi connectivity index (χ2v) is 9.08. The van der Waals surface area contributed by atoms with Gasteiger partial charge in [-0.15, -0.1) is 0 Å². The SMILES string of the molecule is CCCN(CCC)C(=[SH+])[N-]N=Cc1ccccn1.[Br][Cu][Br]. The summed E-state index contributed by atoms with van der Waals surface area (Å²) in [4.78, 5) is 6.26. The van der Waals surface area contributed by atoms with Crippen molar-refractivity contribution in [1.29, 1.82) is 0 Å². The van der Waals surface area contributed by atoms with E-state index in [1.165, 1.54) is 11.3 Å². The molecule has 21 heavy (non-hydrogen) atoms. The van der Waals surface area contributed by atoms with Crippen LogP contribution < -0.4 is 0 Å². The van der Waals surface area contributed by atoms with Gasteiger partial charge >= 0.3 is 39.6 Å². The van der Waals surface area contributed by atoms with Gasteiger partial charge in [0.1, 0.15) is 0 Å². The quantitative estimate of drug-likeness (QED) is 0.152. The number of nitrogens with zero attached hydrogens (tertiary/aromatic N) is 4. The monoisotopic (exact) mass is 485 g/mol. The Labute approximate surface area is 152 Å². The Kier molecular flexibility index (Phi) is 15.2. The van der Waals surface area contributed by atoms with Crippen LogP contribution in [0.4, 0.5) is 0 Å². The van der Waals surface area contributed by atoms with Crippen molar-refractivity contribution in [3.05, 3.63) is 35.5 Å². The van der Waals surface area contributed by atoms with E-state index < -0.39 is 0 Å². The first-order valence-electron chi connectivity index (χ1n) is 6.46. The van der Waals surface area contributed by atoms with Gasteiger partial charge in [-0.3, -0.25) is 4.98 Å². The molecule has 0 saturated carbocycles. The van der Waals surface area contributed by atoms with Crippen LogP contribution in [-0.4, -0.2) is 34.3 Å². The molecule has 1 aromatic rings. The van der Waals surface area contributed by atoms with Gasteiger partial charge in [0, 0.05) is 25.5 Å². The fraction of sp³-hybridized carbons (Fsp3) is 0.462. The Hall–Kier alpha value is 0.149. The standard InChI is InChI=1S/C13H20N4S.2BrH.Cu/c1-3-9-17(10-4-2)13(18)16-15-11-12-7-5-6-8-14-12;;;/h5-8,11H,3-4,9-10H2,1-2H3,(H,14,16,18);2*1H;/q;;;+2/p-2. The van der Waals surface area contributed by atoms with E-state index in [2.05, 4.69) is 74.7 Å². The summed E-state index contributed by atoms with van der Waals surface area (Å²) in [5, 5.41) is 4.67. The third-order valence-electron chi connectivity index (χ3n) is 2.29. The Balaban J connectivity index is 0.00000122. The number of hydrogen-bond donors (Lipinski definition) is 0. The number of halogens is 2. The molecule has 0 bridgehead atoms. The zero-order valence-corrected chi connectivity index (χ0v) is 17.0. The summed E-state index contributed by atoms with van der Waals surface area (Å²) in [7, 11) is 0. The molecule has 8 heteroatoms. The Bertz CT molecular complexity index is 400. The van der Waals surface area contributed by atoms with Crippen LogP contribution in [0.25, 0.3) is 5.43 Å². The summed E-state index contributed by atoms with van der Waals surface area (Å²) in [5.41, 5.74) is 4.88. The number of pyridine rings is 1. The molecule has 0 saturated heterocycles. The van der Waals surface area contributed by atoms with E-state index in [0.29, 0.717) is 5.11 Å². The second kappa shape index (κ2) is 15.1. The number of rotatable bonds is 6. The predicted octanol–water partition coefficient (Wildman–Crippen LogP) is 3.97. The van der Waals surface area contributed by atoms with E-state index in [1.54, 1.807) is 12.4 Å². The number of thiol groups is 1. The zero-order chi connectivity index (χ0) is 15.9. The molecule has 0 fully saturated rings. The molecule has 0 spiro atoms. The molecule has 0 radical (unpaired) electrons. The Morgan fingerprint density at radius 1 is 1.38 bits per heavy atom. The Morgan fingerprint density at radius 2 is 2.00 bits per heavy atom. The molecule has 0 amide bonds. The van der Waals surface area contributed by atoms with E-state index >= 15 is 0 Å². The van der Waals surface area contributed by atoms with Crippen LogP contribution in [0.5, 0.6) is 0 Å². The van der Waals surface area contributed by atoms with Gasteiger partial charge in [0.2, 0.25) is 0 Å². The van der Waals surface area contributed by atoms with Crippen molar-refractivity contribution in [3.63, 3.8) is 0 Å². The minimum absolute atomic E-state index is 0.658. The molecule has 0 aliphatic carbocycles. The van der Waals surface area contributed by atoms with Gasteiger partial charge in [-0.1, -0.05) is 19.9 Å². The van der Waals surface area contributed by atoms with Crippen LogP contribution in [0.15, 0.2) is 29.5 Å². The topological polar surface area (TPSA) is 42.6 Å². The van der Waals surface area contributed by atoms with Crippen LogP contribution in [0, 0.1) is 0 Å². The van der Waals surface area contributed by atoms with E-state index in [4.69, 9.17) is 0 Å². The van der Waals surface area contributed by atoms with E-state index in [-0.39, 0.29) is 0 Å². The zero-order valence-electron chi connectivity index (χ0n) is 12.0. The maximum absolute atomic E-state index is 4.38. The second-order valence-electron chi connectivity index (χ2n) is 3.93. The van der Waals surface area contributed by atoms with Gasteiger partial charge in [-0.05, 0) is 25.0 Å². The maximum atomic E-state index is 4.38. The van der Waals surface area contributed by atoms with Crippen molar-refractivity contribution in [2.75, 3.05) is 13.1 Å². The van der Waals surface area contributed by atoms with Crippen LogP contribution in [0.2, 0.25) is 0 Å². The molecule has 0 unspecified atom stereocenters. The van der Waals surface area contributed by atoms with Gasteiger partial charge in [0.05, 0.1) is 5.69 Å². The van der Waals surface area contributed by atoms with Crippen LogP contribution in [-0.2, 0) is 23.6 Å². The summed E-state index contributed by atoms with van der Waals surface area (Å²) >= 11 is 11.8. The van der Waals surface area contributed by atoms with Gasteiger partial charge in [-0.2, -0.15) is 0 Å². The third-order valence-corrected chi connectivity index (χ3v) is 2.67. The fourth-order valence-corrected chi connectivity index (χ4v) is 1.76. The average Bonchev–Trinajstić information content (AvgIpc) is 2.49. The first kappa shape index (κ1) is 21.1. The predicted molar refractivity (Wildman–Crippen MR) is 99.0 cm³/mol. The summed E-state index contributed by atoms with van der Waals surface area (Å²) < 4.78 is 0. The van der Waals surface area contributed by atoms with E-state index in [1.807, 2.05) is 18.2 Å². The molecule has 0 N–H and O–H groups in total. The van der Waals surface area contributed by atoms with Crippen molar-refractivity contribution in [1.82, 2.24) is 9.88 Å². The Morgan fingerprint density at radius 3 is 2.48 bits per heavy atom. The van der Waals surface area contributed by atoms with Crippen molar-refractivity contribution in [3.8, 4) is 0 Å². The summed E-state index contributed by atoms with van der Waals surface area (Å²) in [6, 6.07) is 5.67. The molecule has 0 aliphatic heterocycles. The minimum atomic E-state index is 0.658.